The second-order valence-corrected chi connectivity index (χ2v) is 3.90. The lowest BCUT2D eigenvalue weighted by Gasteiger charge is -2.08. The highest BCUT2D eigenvalue weighted by Gasteiger charge is 2.12. The minimum Gasteiger partial charge on any atom is -0.389 e. The molecule has 0 atom stereocenters. The maximum Gasteiger partial charge on any atom is 0.135 e. The average Bonchev–Trinajstić information content (AvgIpc) is 2.63. The van der Waals surface area contributed by atoms with E-state index in [4.69, 9.17) is 18.0 Å². The molecule has 5 heteroatoms. The first-order chi connectivity index (χ1) is 7.59. The maximum atomic E-state index is 13.6. The van der Waals surface area contributed by atoms with Gasteiger partial charge in [-0.25, -0.2) is 9.07 Å². The Labute approximate surface area is 97.7 Å². The second kappa shape index (κ2) is 4.02. The predicted octanol–water partition coefficient (Wildman–Crippen LogP) is 1.95. The lowest BCUT2D eigenvalue weighted by molar-refractivity contribution is 0.623. The van der Waals surface area contributed by atoms with Crippen molar-refractivity contribution in [3.63, 3.8) is 0 Å². The van der Waals surface area contributed by atoms with Gasteiger partial charge < -0.3 is 5.73 Å². The molecule has 2 aromatic rings. The summed E-state index contributed by atoms with van der Waals surface area (Å²) in [5, 5.41) is 4.11. The fourth-order valence-electron chi connectivity index (χ4n) is 1.49. The van der Waals surface area contributed by atoms with Crippen LogP contribution in [0.4, 0.5) is 4.39 Å². The summed E-state index contributed by atoms with van der Waals surface area (Å²) in [5.41, 5.74) is 7.27. The van der Waals surface area contributed by atoms with Crippen LogP contribution in [0.2, 0.25) is 0 Å². The number of aryl methyl sites for hydroxylation is 1. The Hall–Kier alpha value is -1.75. The minimum absolute atomic E-state index is 0.0289. The Bertz CT molecular complexity index is 548. The smallest absolute Gasteiger partial charge is 0.135 e. The molecule has 2 rings (SSSR count). The van der Waals surface area contributed by atoms with E-state index in [9.17, 15) is 4.39 Å². The van der Waals surface area contributed by atoms with Crippen LogP contribution < -0.4 is 5.73 Å². The van der Waals surface area contributed by atoms with Gasteiger partial charge in [0.05, 0.1) is 17.4 Å². The van der Waals surface area contributed by atoms with Gasteiger partial charge in [-0.3, -0.25) is 0 Å². The highest BCUT2D eigenvalue weighted by atomic mass is 32.1. The van der Waals surface area contributed by atoms with Crippen LogP contribution in [0.1, 0.15) is 11.1 Å². The second-order valence-electron chi connectivity index (χ2n) is 3.46. The van der Waals surface area contributed by atoms with E-state index in [1.165, 1.54) is 6.07 Å². The zero-order chi connectivity index (χ0) is 11.7. The van der Waals surface area contributed by atoms with Crippen LogP contribution in [0.5, 0.6) is 0 Å². The lowest BCUT2D eigenvalue weighted by atomic mass is 10.1. The van der Waals surface area contributed by atoms with Crippen LogP contribution in [-0.2, 0) is 0 Å². The number of nitrogens with two attached hydrogens (primary N) is 1. The molecule has 0 saturated carbocycles. The van der Waals surface area contributed by atoms with E-state index < -0.39 is 5.82 Å². The molecule has 3 nitrogen and oxygen atoms in total. The van der Waals surface area contributed by atoms with Crippen LogP contribution in [0, 0.1) is 12.7 Å². The van der Waals surface area contributed by atoms with E-state index in [2.05, 4.69) is 5.10 Å². The summed E-state index contributed by atoms with van der Waals surface area (Å²) in [7, 11) is 0. The Morgan fingerprint density at radius 2 is 2.25 bits per heavy atom. The molecular weight excluding hydrogens is 225 g/mol. The Kier molecular flexibility index (Phi) is 2.70. The molecule has 1 aromatic carbocycles. The van der Waals surface area contributed by atoms with Gasteiger partial charge in [-0.2, -0.15) is 5.10 Å². The number of rotatable bonds is 2. The van der Waals surface area contributed by atoms with Gasteiger partial charge in [-0.15, -0.1) is 0 Å². The summed E-state index contributed by atoms with van der Waals surface area (Å²) in [4.78, 5) is 0.0289. The summed E-state index contributed by atoms with van der Waals surface area (Å²) < 4.78 is 15.1. The van der Waals surface area contributed by atoms with Crippen molar-refractivity contribution in [2.75, 3.05) is 0 Å². The molecule has 1 heterocycles. The fraction of sp³-hybridized carbons (Fsp3) is 0.0909. The van der Waals surface area contributed by atoms with Crippen molar-refractivity contribution in [2.45, 2.75) is 6.92 Å². The van der Waals surface area contributed by atoms with Crippen LogP contribution in [-0.4, -0.2) is 14.8 Å². The minimum atomic E-state index is -0.432. The molecule has 0 saturated heterocycles. The number of aromatic nitrogens is 2. The Morgan fingerprint density at radius 3 is 2.81 bits per heavy atom. The monoisotopic (exact) mass is 235 g/mol. The first-order valence-electron chi connectivity index (χ1n) is 4.69. The van der Waals surface area contributed by atoms with Crippen molar-refractivity contribution in [2.24, 2.45) is 5.73 Å². The Balaban J connectivity index is 2.65. The first kappa shape index (κ1) is 10.8. The summed E-state index contributed by atoms with van der Waals surface area (Å²) >= 11 is 4.84. The van der Waals surface area contributed by atoms with Crippen molar-refractivity contribution in [1.29, 1.82) is 0 Å². The molecule has 0 unspecified atom stereocenters. The van der Waals surface area contributed by atoms with E-state index in [0.717, 1.165) is 5.56 Å². The van der Waals surface area contributed by atoms with Gasteiger partial charge in [0.2, 0.25) is 0 Å². The van der Waals surface area contributed by atoms with Crippen molar-refractivity contribution < 1.29 is 4.39 Å². The highest BCUT2D eigenvalue weighted by Crippen LogP contribution is 2.17. The van der Waals surface area contributed by atoms with Crippen LogP contribution in [0.25, 0.3) is 5.69 Å². The predicted molar refractivity (Wildman–Crippen MR) is 64.1 cm³/mol. The summed E-state index contributed by atoms with van der Waals surface area (Å²) in [6.07, 6.45) is 3.48. The zero-order valence-electron chi connectivity index (χ0n) is 8.64. The number of hydrogen-bond acceptors (Lipinski definition) is 2. The van der Waals surface area contributed by atoms with Gasteiger partial charge in [0.15, 0.2) is 0 Å². The van der Waals surface area contributed by atoms with E-state index in [1.807, 2.05) is 6.92 Å². The van der Waals surface area contributed by atoms with E-state index in [0.29, 0.717) is 5.69 Å². The third kappa shape index (κ3) is 1.81. The van der Waals surface area contributed by atoms with Gasteiger partial charge in [-0.1, -0.05) is 18.3 Å². The van der Waals surface area contributed by atoms with Crippen molar-refractivity contribution in [3.05, 3.63) is 47.5 Å². The third-order valence-electron chi connectivity index (χ3n) is 2.20. The van der Waals surface area contributed by atoms with E-state index in [-0.39, 0.29) is 10.6 Å². The molecule has 0 aliphatic rings. The molecule has 1 aromatic heterocycles. The number of thiocarbonyl (C=S) groups is 1. The van der Waals surface area contributed by atoms with Gasteiger partial charge in [-0.05, 0) is 24.6 Å². The van der Waals surface area contributed by atoms with Crippen molar-refractivity contribution >= 4 is 17.2 Å². The van der Waals surface area contributed by atoms with Gasteiger partial charge in [0.25, 0.3) is 0 Å². The molecule has 0 fully saturated rings. The summed E-state index contributed by atoms with van der Waals surface area (Å²) in [6, 6.07) is 4.65. The van der Waals surface area contributed by atoms with Crippen LogP contribution >= 0.6 is 12.2 Å². The number of nitrogens with zero attached hydrogens (tertiary/aromatic N) is 2. The van der Waals surface area contributed by atoms with Crippen LogP contribution in [0.15, 0.2) is 30.6 Å². The third-order valence-corrected chi connectivity index (χ3v) is 2.40. The van der Waals surface area contributed by atoms with Gasteiger partial charge >= 0.3 is 0 Å². The van der Waals surface area contributed by atoms with Gasteiger partial charge in [0, 0.05) is 6.20 Å². The van der Waals surface area contributed by atoms with Crippen molar-refractivity contribution in [1.82, 2.24) is 9.78 Å². The molecule has 0 amide bonds. The zero-order valence-corrected chi connectivity index (χ0v) is 9.46. The first-order valence-corrected chi connectivity index (χ1v) is 5.10. The van der Waals surface area contributed by atoms with E-state index >= 15 is 0 Å². The molecule has 2 N–H and O–H groups in total. The van der Waals surface area contributed by atoms with Gasteiger partial charge in [0.1, 0.15) is 10.8 Å². The molecule has 0 spiro atoms. The number of halogens is 1. The molecule has 16 heavy (non-hydrogen) atoms. The lowest BCUT2D eigenvalue weighted by Crippen LogP contribution is -2.15. The largest absolute Gasteiger partial charge is 0.389 e. The molecule has 0 aliphatic heterocycles. The molecule has 0 aliphatic carbocycles. The average molecular weight is 235 g/mol. The maximum absolute atomic E-state index is 13.6. The molecular formula is C11H10FN3S. The fourth-order valence-corrected chi connectivity index (χ4v) is 1.69. The molecule has 82 valence electrons. The quantitative estimate of drug-likeness (QED) is 0.809. The van der Waals surface area contributed by atoms with E-state index in [1.54, 1.807) is 29.2 Å². The molecule has 0 bridgehead atoms. The topological polar surface area (TPSA) is 43.8 Å². The standard InChI is InChI=1S/C11H10FN3S/c1-7-5-14-15(6-7)9-4-2-3-8(12)10(9)11(13)16/h2-6H,1H3,(H2,13,16). The summed E-state index contributed by atoms with van der Waals surface area (Å²) in [6.45, 7) is 1.91. The van der Waals surface area contributed by atoms with Crippen LogP contribution in [0.3, 0.4) is 0 Å². The van der Waals surface area contributed by atoms with Crippen molar-refractivity contribution in [3.8, 4) is 5.69 Å². The highest BCUT2D eigenvalue weighted by molar-refractivity contribution is 7.80. The summed E-state index contributed by atoms with van der Waals surface area (Å²) in [5.74, 6) is -0.432. The Morgan fingerprint density at radius 1 is 1.50 bits per heavy atom. The normalized spacial score (nSPS) is 10.4. The number of hydrogen-bond donors (Lipinski definition) is 1. The SMILES string of the molecule is Cc1cnn(-c2cccc(F)c2C(N)=S)c1. The number of benzene rings is 1. The molecule has 0 radical (unpaired) electrons.